The lowest BCUT2D eigenvalue weighted by atomic mass is 9.87. The van der Waals surface area contributed by atoms with E-state index in [-0.39, 0.29) is 49.5 Å². The fourth-order valence-corrected chi connectivity index (χ4v) is 4.93. The summed E-state index contributed by atoms with van der Waals surface area (Å²) < 4.78 is 11.3. The maximum atomic E-state index is 13.4. The lowest BCUT2D eigenvalue weighted by Crippen LogP contribution is -2.54. The summed E-state index contributed by atoms with van der Waals surface area (Å²) in [5.41, 5.74) is 2.93. The molecule has 1 N–H and O–H groups in total. The van der Waals surface area contributed by atoms with E-state index in [9.17, 15) is 19.2 Å². The van der Waals surface area contributed by atoms with Crippen LogP contribution in [0.4, 0.5) is 4.79 Å². The van der Waals surface area contributed by atoms with Crippen LogP contribution in [0.3, 0.4) is 0 Å². The number of amides is 2. The summed E-state index contributed by atoms with van der Waals surface area (Å²) in [5, 5.41) is 2.69. The van der Waals surface area contributed by atoms with Gasteiger partial charge in [0.2, 0.25) is 5.91 Å². The molecule has 1 aliphatic heterocycles. The van der Waals surface area contributed by atoms with Crippen LogP contribution in [-0.4, -0.2) is 53.7 Å². The van der Waals surface area contributed by atoms with E-state index in [0.717, 1.165) is 23.1 Å². The van der Waals surface area contributed by atoms with E-state index in [1.807, 2.05) is 82.3 Å². The van der Waals surface area contributed by atoms with E-state index < -0.39 is 24.2 Å². The molecule has 1 heterocycles. The fourth-order valence-electron chi connectivity index (χ4n) is 4.93. The van der Waals surface area contributed by atoms with Gasteiger partial charge in [-0.25, -0.2) is 4.79 Å². The van der Waals surface area contributed by atoms with E-state index in [0.29, 0.717) is 19.4 Å². The van der Waals surface area contributed by atoms with Crippen molar-refractivity contribution >= 4 is 23.6 Å². The molecular weight excluding hydrogens is 508 g/mol. The maximum Gasteiger partial charge on any atom is 0.408 e. The fraction of sp³-hybridized carbons (Fsp3) is 0.500. The van der Waals surface area contributed by atoms with Crippen LogP contribution in [0.25, 0.3) is 0 Å². The number of ether oxygens (including phenoxy) is 2. The van der Waals surface area contributed by atoms with Crippen molar-refractivity contribution in [2.24, 2.45) is 11.8 Å². The first-order valence-corrected chi connectivity index (χ1v) is 14.2. The summed E-state index contributed by atoms with van der Waals surface area (Å²) in [7, 11) is 0. The highest BCUT2D eigenvalue weighted by molar-refractivity contribution is 6.06. The van der Waals surface area contributed by atoms with Crippen molar-refractivity contribution in [1.29, 1.82) is 0 Å². The largest absolute Gasteiger partial charge is 0.445 e. The van der Waals surface area contributed by atoms with Gasteiger partial charge >= 0.3 is 6.09 Å². The van der Waals surface area contributed by atoms with Crippen LogP contribution in [0.1, 0.15) is 63.1 Å². The summed E-state index contributed by atoms with van der Waals surface area (Å²) in [4.78, 5) is 53.8. The number of piperidine rings is 1. The third-order valence-electron chi connectivity index (χ3n) is 6.99. The van der Waals surface area contributed by atoms with Crippen LogP contribution in [-0.2, 0) is 37.1 Å². The molecule has 0 aliphatic carbocycles. The second-order valence-corrected chi connectivity index (χ2v) is 10.9. The van der Waals surface area contributed by atoms with E-state index in [1.165, 1.54) is 4.90 Å². The predicted molar refractivity (Wildman–Crippen MR) is 152 cm³/mol. The average molecular weight is 551 g/mol. The van der Waals surface area contributed by atoms with Gasteiger partial charge in [-0.05, 0) is 43.2 Å². The van der Waals surface area contributed by atoms with Gasteiger partial charge in [-0.3, -0.25) is 14.4 Å². The first kappa shape index (κ1) is 31.0. The number of Topliss-reactive ketones (excluding diaryl/α,β-unsaturated/α-hetero) is 2. The number of alkyl carbamates (subject to hydrolysis) is 1. The molecule has 216 valence electrons. The van der Waals surface area contributed by atoms with E-state index in [2.05, 4.69) is 5.32 Å². The SMILES string of the molecule is CCC[C@H](OCc1cccc(C)c1)C(=O)C1CCN(C(=O)[C@H](CC(C)C)NC(=O)OCc2ccccc2)CC1=O. The van der Waals surface area contributed by atoms with Gasteiger partial charge in [0.25, 0.3) is 0 Å². The van der Waals surface area contributed by atoms with Gasteiger partial charge in [0.1, 0.15) is 18.8 Å². The van der Waals surface area contributed by atoms with E-state index >= 15 is 0 Å². The minimum Gasteiger partial charge on any atom is -0.445 e. The van der Waals surface area contributed by atoms with Crippen molar-refractivity contribution in [3.05, 3.63) is 71.3 Å². The Morgan fingerprint density at radius 2 is 1.75 bits per heavy atom. The Bertz CT molecular complexity index is 1150. The molecule has 0 bridgehead atoms. The van der Waals surface area contributed by atoms with Gasteiger partial charge in [0.05, 0.1) is 19.1 Å². The van der Waals surface area contributed by atoms with E-state index in [4.69, 9.17) is 9.47 Å². The number of hydrogen-bond acceptors (Lipinski definition) is 6. The molecule has 2 aromatic rings. The summed E-state index contributed by atoms with van der Waals surface area (Å²) in [6.45, 7) is 8.37. The van der Waals surface area contributed by atoms with Crippen molar-refractivity contribution < 1.29 is 28.7 Å². The smallest absolute Gasteiger partial charge is 0.408 e. The van der Waals surface area contributed by atoms with Gasteiger partial charge in [0.15, 0.2) is 11.6 Å². The minimum atomic E-state index is -0.825. The number of carbonyl (C=O) groups is 4. The van der Waals surface area contributed by atoms with Crippen LogP contribution < -0.4 is 5.32 Å². The quantitative estimate of drug-likeness (QED) is 0.352. The van der Waals surface area contributed by atoms with Gasteiger partial charge in [-0.1, -0.05) is 87.4 Å². The Hall–Kier alpha value is -3.52. The van der Waals surface area contributed by atoms with Crippen LogP contribution >= 0.6 is 0 Å². The molecule has 0 aromatic heterocycles. The van der Waals surface area contributed by atoms with Crippen LogP contribution in [0.15, 0.2) is 54.6 Å². The lowest BCUT2D eigenvalue weighted by Gasteiger charge is -2.34. The topological polar surface area (TPSA) is 102 Å². The summed E-state index contributed by atoms with van der Waals surface area (Å²) in [5.74, 6) is -1.53. The highest BCUT2D eigenvalue weighted by atomic mass is 16.5. The molecule has 2 amide bonds. The zero-order chi connectivity index (χ0) is 29.1. The van der Waals surface area contributed by atoms with Crippen LogP contribution in [0, 0.1) is 18.8 Å². The summed E-state index contributed by atoms with van der Waals surface area (Å²) in [6, 6.07) is 16.4. The van der Waals surface area contributed by atoms with Crippen molar-refractivity contribution in [3.63, 3.8) is 0 Å². The Morgan fingerprint density at radius 1 is 1.02 bits per heavy atom. The number of aryl methyl sites for hydroxylation is 1. The monoisotopic (exact) mass is 550 g/mol. The molecule has 3 rings (SSSR count). The Labute approximate surface area is 237 Å². The molecule has 2 aromatic carbocycles. The number of nitrogens with zero attached hydrogens (tertiary/aromatic N) is 1. The highest BCUT2D eigenvalue weighted by Gasteiger charge is 2.39. The minimum absolute atomic E-state index is 0.0894. The van der Waals surface area contributed by atoms with Gasteiger partial charge in [-0.2, -0.15) is 0 Å². The Balaban J connectivity index is 1.58. The number of benzene rings is 2. The first-order valence-electron chi connectivity index (χ1n) is 14.2. The number of rotatable bonds is 13. The number of ketones is 2. The van der Waals surface area contributed by atoms with Crippen molar-refractivity contribution in [1.82, 2.24) is 10.2 Å². The van der Waals surface area contributed by atoms with Crippen LogP contribution in [0.2, 0.25) is 0 Å². The van der Waals surface area contributed by atoms with Gasteiger partial charge in [0, 0.05) is 6.54 Å². The zero-order valence-electron chi connectivity index (χ0n) is 24.1. The van der Waals surface area contributed by atoms with Gasteiger partial charge in [-0.15, -0.1) is 0 Å². The molecule has 40 heavy (non-hydrogen) atoms. The third kappa shape index (κ3) is 9.30. The molecule has 0 saturated carbocycles. The predicted octanol–water partition coefficient (Wildman–Crippen LogP) is 5.01. The molecular formula is C32H42N2O6. The number of likely N-dealkylation sites (tertiary alicyclic amines) is 1. The Morgan fingerprint density at radius 3 is 2.40 bits per heavy atom. The molecule has 8 heteroatoms. The van der Waals surface area contributed by atoms with Crippen LogP contribution in [0.5, 0.6) is 0 Å². The zero-order valence-corrected chi connectivity index (χ0v) is 24.1. The summed E-state index contributed by atoms with van der Waals surface area (Å²) in [6.07, 6.45) is 0.562. The molecule has 1 unspecified atom stereocenters. The molecule has 0 radical (unpaired) electrons. The maximum absolute atomic E-state index is 13.4. The molecule has 3 atom stereocenters. The van der Waals surface area contributed by atoms with Gasteiger partial charge < -0.3 is 19.7 Å². The molecule has 1 aliphatic rings. The molecule has 0 spiro atoms. The Kier molecular flexibility index (Phi) is 11.9. The number of hydrogen-bond donors (Lipinski definition) is 1. The molecule has 1 saturated heterocycles. The number of nitrogens with one attached hydrogen (secondary N) is 1. The molecule has 1 fully saturated rings. The normalized spacial score (nSPS) is 16.9. The third-order valence-corrected chi connectivity index (χ3v) is 6.99. The van der Waals surface area contributed by atoms with Crippen molar-refractivity contribution in [3.8, 4) is 0 Å². The lowest BCUT2D eigenvalue weighted by molar-refractivity contribution is -0.149. The standard InChI is InChI=1S/C32H42N2O6/c1-5-10-29(39-21-25-14-9-11-23(4)18-25)30(36)26-15-16-34(19-28(26)35)31(37)27(17-22(2)3)33-32(38)40-20-24-12-7-6-8-13-24/h6-9,11-14,18,22,26-27,29H,5,10,15-17,19-21H2,1-4H3,(H,33,38)/t26?,27-,29-/m0/s1. The average Bonchev–Trinajstić information content (AvgIpc) is 2.93. The second-order valence-electron chi connectivity index (χ2n) is 10.9. The first-order chi connectivity index (χ1) is 19.2. The highest BCUT2D eigenvalue weighted by Crippen LogP contribution is 2.22. The second kappa shape index (κ2) is 15.3. The van der Waals surface area contributed by atoms with E-state index in [1.54, 1.807) is 0 Å². The van der Waals surface area contributed by atoms with Crippen molar-refractivity contribution in [2.45, 2.75) is 78.7 Å². The van der Waals surface area contributed by atoms with Crippen molar-refractivity contribution in [2.75, 3.05) is 13.1 Å². The number of carbonyl (C=O) groups excluding carboxylic acids is 4. The summed E-state index contributed by atoms with van der Waals surface area (Å²) >= 11 is 0. The molecule has 8 nitrogen and oxygen atoms in total.